The molecule has 1 aliphatic rings. The average Bonchev–Trinajstić information content (AvgIpc) is 2.88. The molecule has 1 saturated heterocycles. The number of hydrogen-bond donors (Lipinski definition) is 0. The van der Waals surface area contributed by atoms with Gasteiger partial charge >= 0.3 is 6.09 Å². The first kappa shape index (κ1) is 17.6. The van der Waals surface area contributed by atoms with E-state index in [1.807, 2.05) is 37.8 Å². The number of hydrogen-bond acceptors (Lipinski definition) is 4. The van der Waals surface area contributed by atoms with Crippen LogP contribution in [0.25, 0.3) is 0 Å². The van der Waals surface area contributed by atoms with E-state index in [0.29, 0.717) is 12.5 Å². The Kier molecular flexibility index (Phi) is 5.85. The maximum atomic E-state index is 12.5. The van der Waals surface area contributed by atoms with Gasteiger partial charge in [-0.2, -0.15) is 0 Å². The first-order chi connectivity index (χ1) is 10.9. The van der Waals surface area contributed by atoms with E-state index in [1.54, 1.807) is 12.4 Å². The molecule has 0 bridgehead atoms. The van der Waals surface area contributed by atoms with Crippen LogP contribution in [0.2, 0.25) is 0 Å². The molecule has 1 aromatic heterocycles. The number of likely N-dealkylation sites (tertiary alicyclic amines) is 1. The Hall–Kier alpha value is -1.78. The number of carbonyl (C=O) groups is 1. The van der Waals surface area contributed by atoms with E-state index >= 15 is 0 Å². The summed E-state index contributed by atoms with van der Waals surface area (Å²) in [5.41, 5.74) is -0.477. The fourth-order valence-corrected chi connectivity index (χ4v) is 3.01. The Labute approximate surface area is 139 Å². The summed E-state index contributed by atoms with van der Waals surface area (Å²) in [5.74, 6) is 1.20. The SMILES string of the molecule is CCC[C@H]1CCN(C(=O)OC(C)(C)C)[C@H]1COc1cccnc1. The second-order valence-electron chi connectivity index (χ2n) is 7.08. The molecule has 2 heterocycles. The third kappa shape index (κ3) is 5.12. The molecule has 1 aromatic rings. The smallest absolute Gasteiger partial charge is 0.410 e. The van der Waals surface area contributed by atoms with Crippen LogP contribution in [0.3, 0.4) is 0 Å². The van der Waals surface area contributed by atoms with Gasteiger partial charge in [0.05, 0.1) is 12.2 Å². The van der Waals surface area contributed by atoms with Crippen LogP contribution in [0.1, 0.15) is 47.0 Å². The van der Waals surface area contributed by atoms with Gasteiger partial charge in [-0.3, -0.25) is 4.98 Å². The molecule has 0 aromatic carbocycles. The van der Waals surface area contributed by atoms with Crippen LogP contribution in [-0.2, 0) is 4.74 Å². The summed E-state index contributed by atoms with van der Waals surface area (Å²) in [7, 11) is 0. The summed E-state index contributed by atoms with van der Waals surface area (Å²) in [6.45, 7) is 9.08. The molecular weight excluding hydrogens is 292 g/mol. The van der Waals surface area contributed by atoms with Crippen LogP contribution in [-0.4, -0.2) is 40.8 Å². The van der Waals surface area contributed by atoms with E-state index in [9.17, 15) is 4.79 Å². The van der Waals surface area contributed by atoms with Gasteiger partial charge in [0.1, 0.15) is 18.0 Å². The van der Waals surface area contributed by atoms with Crippen molar-refractivity contribution in [1.29, 1.82) is 0 Å². The summed E-state index contributed by atoms with van der Waals surface area (Å²) < 4.78 is 11.4. The molecular formula is C18H28N2O3. The fourth-order valence-electron chi connectivity index (χ4n) is 3.01. The Bertz CT molecular complexity index is 499. The number of nitrogens with zero attached hydrogens (tertiary/aromatic N) is 2. The van der Waals surface area contributed by atoms with Crippen molar-refractivity contribution in [2.24, 2.45) is 5.92 Å². The lowest BCUT2D eigenvalue weighted by Gasteiger charge is -2.30. The van der Waals surface area contributed by atoms with Gasteiger partial charge in [-0.25, -0.2) is 4.79 Å². The molecule has 0 saturated carbocycles. The number of amides is 1. The highest BCUT2D eigenvalue weighted by Gasteiger charge is 2.39. The third-order valence-corrected chi connectivity index (χ3v) is 4.03. The van der Waals surface area contributed by atoms with Crippen LogP contribution >= 0.6 is 0 Å². The van der Waals surface area contributed by atoms with Gasteiger partial charge in [0.25, 0.3) is 0 Å². The van der Waals surface area contributed by atoms with Crippen molar-refractivity contribution < 1.29 is 14.3 Å². The molecule has 1 amide bonds. The first-order valence-corrected chi connectivity index (χ1v) is 8.43. The minimum absolute atomic E-state index is 0.0602. The highest BCUT2D eigenvalue weighted by atomic mass is 16.6. The van der Waals surface area contributed by atoms with Crippen LogP contribution in [0.15, 0.2) is 24.5 Å². The summed E-state index contributed by atoms with van der Waals surface area (Å²) in [5, 5.41) is 0. The largest absolute Gasteiger partial charge is 0.490 e. The molecule has 0 N–H and O–H groups in total. The zero-order chi connectivity index (χ0) is 16.9. The molecule has 1 fully saturated rings. The number of carbonyl (C=O) groups excluding carboxylic acids is 1. The fraction of sp³-hybridized carbons (Fsp3) is 0.667. The first-order valence-electron chi connectivity index (χ1n) is 8.43. The number of rotatable bonds is 5. The zero-order valence-electron chi connectivity index (χ0n) is 14.6. The van der Waals surface area contributed by atoms with Gasteiger partial charge in [-0.15, -0.1) is 0 Å². The van der Waals surface area contributed by atoms with Crippen molar-refractivity contribution >= 4 is 6.09 Å². The molecule has 5 nitrogen and oxygen atoms in total. The van der Waals surface area contributed by atoms with Crippen molar-refractivity contribution in [3.8, 4) is 5.75 Å². The van der Waals surface area contributed by atoms with Crippen LogP contribution in [0.5, 0.6) is 5.75 Å². The molecule has 0 aliphatic carbocycles. The Morgan fingerprint density at radius 3 is 2.83 bits per heavy atom. The normalized spacial score (nSPS) is 21.3. The predicted molar refractivity (Wildman–Crippen MR) is 89.5 cm³/mol. The molecule has 5 heteroatoms. The van der Waals surface area contributed by atoms with Crippen molar-refractivity contribution in [2.75, 3.05) is 13.2 Å². The lowest BCUT2D eigenvalue weighted by molar-refractivity contribution is 0.0157. The number of ether oxygens (including phenoxy) is 2. The standard InChI is InChI=1S/C18H28N2O3/c1-5-7-14-9-11-20(17(21)23-18(2,3)4)16(14)13-22-15-8-6-10-19-12-15/h6,8,10,12,14,16H,5,7,9,11,13H2,1-4H3/t14-,16-/m0/s1. The molecule has 0 unspecified atom stereocenters. The lowest BCUT2D eigenvalue weighted by atomic mass is 9.96. The van der Waals surface area contributed by atoms with Crippen molar-refractivity contribution in [3.05, 3.63) is 24.5 Å². The Morgan fingerprint density at radius 1 is 1.43 bits per heavy atom. The molecule has 0 radical (unpaired) electrons. The summed E-state index contributed by atoms with van der Waals surface area (Å²) >= 11 is 0. The number of aromatic nitrogens is 1. The van der Waals surface area contributed by atoms with Crippen LogP contribution < -0.4 is 4.74 Å². The van der Waals surface area contributed by atoms with E-state index < -0.39 is 5.60 Å². The van der Waals surface area contributed by atoms with Gasteiger partial charge in [-0.05, 0) is 51.7 Å². The maximum Gasteiger partial charge on any atom is 0.410 e. The topological polar surface area (TPSA) is 51.7 Å². The van der Waals surface area contributed by atoms with Gasteiger partial charge in [0.2, 0.25) is 0 Å². The van der Waals surface area contributed by atoms with E-state index in [0.717, 1.165) is 31.6 Å². The average molecular weight is 320 g/mol. The van der Waals surface area contributed by atoms with Crippen LogP contribution in [0.4, 0.5) is 4.79 Å². The van der Waals surface area contributed by atoms with Gasteiger partial charge in [0.15, 0.2) is 0 Å². The molecule has 2 rings (SSSR count). The minimum atomic E-state index is -0.477. The zero-order valence-corrected chi connectivity index (χ0v) is 14.6. The monoisotopic (exact) mass is 320 g/mol. The molecule has 2 atom stereocenters. The molecule has 128 valence electrons. The lowest BCUT2D eigenvalue weighted by Crippen LogP contribution is -2.44. The highest BCUT2D eigenvalue weighted by Crippen LogP contribution is 2.30. The Balaban J connectivity index is 2.03. The van der Waals surface area contributed by atoms with E-state index in [-0.39, 0.29) is 12.1 Å². The van der Waals surface area contributed by atoms with Gasteiger partial charge in [-0.1, -0.05) is 13.3 Å². The summed E-state index contributed by atoms with van der Waals surface area (Å²) in [4.78, 5) is 18.4. The van der Waals surface area contributed by atoms with Crippen molar-refractivity contribution in [2.45, 2.75) is 58.6 Å². The third-order valence-electron chi connectivity index (χ3n) is 4.03. The van der Waals surface area contributed by atoms with Crippen molar-refractivity contribution in [1.82, 2.24) is 9.88 Å². The van der Waals surface area contributed by atoms with Crippen LogP contribution in [0, 0.1) is 5.92 Å². The predicted octanol–water partition coefficient (Wildman–Crippen LogP) is 3.89. The Morgan fingerprint density at radius 2 is 2.22 bits per heavy atom. The highest BCUT2D eigenvalue weighted by molar-refractivity contribution is 5.69. The van der Waals surface area contributed by atoms with Crippen molar-refractivity contribution in [3.63, 3.8) is 0 Å². The second-order valence-corrected chi connectivity index (χ2v) is 7.08. The molecule has 1 aliphatic heterocycles. The van der Waals surface area contributed by atoms with E-state index in [1.165, 1.54) is 0 Å². The number of pyridine rings is 1. The quantitative estimate of drug-likeness (QED) is 0.826. The minimum Gasteiger partial charge on any atom is -0.490 e. The molecule has 0 spiro atoms. The second kappa shape index (κ2) is 7.66. The molecule has 23 heavy (non-hydrogen) atoms. The maximum absolute atomic E-state index is 12.5. The summed E-state index contributed by atoms with van der Waals surface area (Å²) in [6.07, 6.45) is 6.39. The van der Waals surface area contributed by atoms with E-state index in [2.05, 4.69) is 11.9 Å². The van der Waals surface area contributed by atoms with Gasteiger partial charge < -0.3 is 14.4 Å². The van der Waals surface area contributed by atoms with Gasteiger partial charge in [0, 0.05) is 12.7 Å². The summed E-state index contributed by atoms with van der Waals surface area (Å²) in [6, 6.07) is 3.79. The van der Waals surface area contributed by atoms with E-state index in [4.69, 9.17) is 9.47 Å².